The maximum absolute atomic E-state index is 12.3. The van der Waals surface area contributed by atoms with Crippen molar-refractivity contribution >= 4 is 11.9 Å². The number of carboxylic acid groups (broad SMARTS) is 1. The second kappa shape index (κ2) is 5.67. The van der Waals surface area contributed by atoms with E-state index in [1.165, 1.54) is 11.8 Å². The first kappa shape index (κ1) is 14.4. The summed E-state index contributed by atoms with van der Waals surface area (Å²) >= 11 is 0. The molecule has 0 atom stereocenters. The van der Waals surface area contributed by atoms with Gasteiger partial charge in [-0.05, 0) is 18.9 Å². The van der Waals surface area contributed by atoms with Gasteiger partial charge in [0.2, 0.25) is 0 Å². The van der Waals surface area contributed by atoms with Crippen molar-refractivity contribution in [3.8, 4) is 0 Å². The molecule has 1 N–H and O–H groups in total. The number of aryl methyl sites for hydroxylation is 1. The zero-order valence-corrected chi connectivity index (χ0v) is 12.2. The summed E-state index contributed by atoms with van der Waals surface area (Å²) in [4.78, 5) is 24.8. The fraction of sp³-hybridized carbons (Fsp3) is 0.400. The van der Waals surface area contributed by atoms with E-state index in [0.29, 0.717) is 19.0 Å². The molecule has 0 saturated carbocycles. The quantitative estimate of drug-likeness (QED) is 0.933. The zero-order valence-electron chi connectivity index (χ0n) is 12.2. The predicted octanol–water partition coefficient (Wildman–Crippen LogP) is 1.73. The van der Waals surface area contributed by atoms with Crippen LogP contribution in [0.25, 0.3) is 0 Å². The van der Waals surface area contributed by atoms with Crippen LogP contribution in [0.3, 0.4) is 0 Å². The molecule has 1 aliphatic heterocycles. The minimum Gasteiger partial charge on any atom is -0.478 e. The Bertz CT molecular complexity index is 695. The molecule has 0 aromatic carbocycles. The van der Waals surface area contributed by atoms with E-state index in [9.17, 15) is 9.59 Å². The number of hydrogen-bond acceptors (Lipinski definition) is 4. The average molecular weight is 303 g/mol. The second-order valence-electron chi connectivity index (χ2n) is 5.45. The van der Waals surface area contributed by atoms with E-state index >= 15 is 0 Å². The minimum atomic E-state index is -1.10. The third-order valence-corrected chi connectivity index (χ3v) is 4.12. The van der Waals surface area contributed by atoms with Gasteiger partial charge >= 0.3 is 5.97 Å². The Hall–Kier alpha value is -2.57. The Balaban J connectivity index is 1.64. The number of hydrogen-bond donors (Lipinski definition) is 1. The molecule has 1 saturated heterocycles. The van der Waals surface area contributed by atoms with Gasteiger partial charge < -0.3 is 14.4 Å². The van der Waals surface area contributed by atoms with Gasteiger partial charge in [0.05, 0.1) is 5.56 Å². The summed E-state index contributed by atoms with van der Waals surface area (Å²) in [5.74, 6) is -0.882. The number of piperidine rings is 1. The highest BCUT2D eigenvalue weighted by molar-refractivity contribution is 5.95. The lowest BCUT2D eigenvalue weighted by molar-refractivity contribution is 0.0675. The van der Waals surface area contributed by atoms with E-state index < -0.39 is 5.97 Å². The van der Waals surface area contributed by atoms with Gasteiger partial charge in [-0.1, -0.05) is 0 Å². The van der Waals surface area contributed by atoms with Gasteiger partial charge in [0.1, 0.15) is 6.26 Å². The largest absolute Gasteiger partial charge is 0.478 e. The van der Waals surface area contributed by atoms with Gasteiger partial charge in [0, 0.05) is 44.0 Å². The summed E-state index contributed by atoms with van der Waals surface area (Å²) in [6.45, 7) is 1.25. The maximum atomic E-state index is 12.3. The Morgan fingerprint density at radius 1 is 1.36 bits per heavy atom. The molecule has 0 bridgehead atoms. The molecular weight excluding hydrogens is 286 g/mol. The Morgan fingerprint density at radius 2 is 2.09 bits per heavy atom. The third kappa shape index (κ3) is 2.61. The molecule has 0 aliphatic carbocycles. The summed E-state index contributed by atoms with van der Waals surface area (Å²) in [6.07, 6.45) is 4.59. The first-order valence-electron chi connectivity index (χ1n) is 7.15. The van der Waals surface area contributed by atoms with E-state index in [1.807, 2.05) is 17.8 Å². The average Bonchev–Trinajstić information content (AvgIpc) is 3.15. The van der Waals surface area contributed by atoms with Crippen LogP contribution < -0.4 is 0 Å². The maximum Gasteiger partial charge on any atom is 0.338 e. The zero-order chi connectivity index (χ0) is 15.7. The summed E-state index contributed by atoms with van der Waals surface area (Å²) in [7, 11) is 1.92. The summed E-state index contributed by atoms with van der Waals surface area (Å²) in [6, 6.07) is 3.28. The molecule has 0 radical (unpaired) electrons. The molecule has 116 valence electrons. The highest BCUT2D eigenvalue weighted by Gasteiger charge is 2.27. The Labute approximate surface area is 127 Å². The molecule has 2 aromatic rings. The molecule has 1 amide bonds. The number of likely N-dealkylation sites (tertiary alicyclic amines) is 1. The van der Waals surface area contributed by atoms with Gasteiger partial charge in [-0.15, -0.1) is 0 Å². The molecule has 1 fully saturated rings. The van der Waals surface area contributed by atoms with Gasteiger partial charge in [0.15, 0.2) is 5.76 Å². The van der Waals surface area contributed by atoms with Crippen molar-refractivity contribution in [3.63, 3.8) is 0 Å². The summed E-state index contributed by atoms with van der Waals surface area (Å²) < 4.78 is 6.94. The first-order valence-corrected chi connectivity index (χ1v) is 7.15. The molecule has 0 spiro atoms. The van der Waals surface area contributed by atoms with E-state index in [-0.39, 0.29) is 17.2 Å². The fourth-order valence-electron chi connectivity index (χ4n) is 2.88. The fourth-order valence-corrected chi connectivity index (χ4v) is 2.88. The predicted molar refractivity (Wildman–Crippen MR) is 76.8 cm³/mol. The first-order chi connectivity index (χ1) is 10.6. The van der Waals surface area contributed by atoms with Gasteiger partial charge in [0.25, 0.3) is 5.91 Å². The molecule has 3 rings (SSSR count). The van der Waals surface area contributed by atoms with Crippen LogP contribution in [0.5, 0.6) is 0 Å². The number of furan rings is 1. The number of carbonyl (C=O) groups is 2. The van der Waals surface area contributed by atoms with Crippen LogP contribution in [0.2, 0.25) is 0 Å². The molecule has 22 heavy (non-hydrogen) atoms. The van der Waals surface area contributed by atoms with Crippen molar-refractivity contribution in [3.05, 3.63) is 41.6 Å². The highest BCUT2D eigenvalue weighted by Crippen LogP contribution is 2.28. The highest BCUT2D eigenvalue weighted by atomic mass is 16.4. The lowest BCUT2D eigenvalue weighted by Gasteiger charge is -2.31. The molecule has 7 nitrogen and oxygen atoms in total. The molecular formula is C15H17N3O4. The van der Waals surface area contributed by atoms with Crippen molar-refractivity contribution in [2.75, 3.05) is 13.1 Å². The second-order valence-corrected chi connectivity index (χ2v) is 5.45. The van der Waals surface area contributed by atoms with Crippen molar-refractivity contribution < 1.29 is 19.1 Å². The normalized spacial score (nSPS) is 16.0. The number of rotatable bonds is 3. The third-order valence-electron chi connectivity index (χ3n) is 4.12. The molecule has 2 aromatic heterocycles. The van der Waals surface area contributed by atoms with E-state index in [4.69, 9.17) is 9.52 Å². The van der Waals surface area contributed by atoms with Crippen LogP contribution in [0.15, 0.2) is 29.0 Å². The van der Waals surface area contributed by atoms with Gasteiger partial charge in [-0.25, -0.2) is 4.79 Å². The molecule has 0 unspecified atom stereocenters. The number of carboxylic acids is 1. The van der Waals surface area contributed by atoms with Crippen molar-refractivity contribution in [1.82, 2.24) is 14.7 Å². The number of aromatic nitrogens is 2. The number of nitrogens with zero attached hydrogens (tertiary/aromatic N) is 3. The topological polar surface area (TPSA) is 88.6 Å². The lowest BCUT2D eigenvalue weighted by Crippen LogP contribution is -2.38. The Kier molecular flexibility index (Phi) is 3.70. The summed E-state index contributed by atoms with van der Waals surface area (Å²) in [5.41, 5.74) is 1.17. The summed E-state index contributed by atoms with van der Waals surface area (Å²) in [5, 5.41) is 13.0. The number of aromatic carboxylic acids is 1. The van der Waals surface area contributed by atoms with E-state index in [1.54, 1.807) is 11.1 Å². The minimum absolute atomic E-state index is 0.00637. The van der Waals surface area contributed by atoms with Gasteiger partial charge in [-0.3, -0.25) is 9.48 Å². The van der Waals surface area contributed by atoms with Crippen LogP contribution >= 0.6 is 0 Å². The van der Waals surface area contributed by atoms with Crippen LogP contribution in [-0.4, -0.2) is 44.8 Å². The number of carbonyl (C=O) groups excluding carboxylic acids is 1. The van der Waals surface area contributed by atoms with Crippen LogP contribution in [0.1, 0.15) is 45.4 Å². The lowest BCUT2D eigenvalue weighted by atomic mass is 9.93. The van der Waals surface area contributed by atoms with Gasteiger partial charge in [-0.2, -0.15) is 5.10 Å². The van der Waals surface area contributed by atoms with Crippen LogP contribution in [0.4, 0.5) is 0 Å². The van der Waals surface area contributed by atoms with Crippen LogP contribution in [-0.2, 0) is 7.05 Å². The van der Waals surface area contributed by atoms with Crippen molar-refractivity contribution in [1.29, 1.82) is 0 Å². The standard InChI is InChI=1S/C15H17N3O4/c1-17-12(2-5-16-17)10-3-6-18(7-4-10)14(19)13-8-11(9-22-13)15(20)21/h2,5,8-10H,3-4,6-7H2,1H3,(H,20,21). The van der Waals surface area contributed by atoms with E-state index in [2.05, 4.69) is 5.10 Å². The molecule has 3 heterocycles. The van der Waals surface area contributed by atoms with E-state index in [0.717, 1.165) is 19.1 Å². The molecule has 7 heteroatoms. The van der Waals surface area contributed by atoms with Crippen molar-refractivity contribution in [2.24, 2.45) is 7.05 Å². The number of amides is 1. The van der Waals surface area contributed by atoms with Crippen LogP contribution in [0, 0.1) is 0 Å². The molecule has 1 aliphatic rings. The monoisotopic (exact) mass is 303 g/mol. The van der Waals surface area contributed by atoms with Crippen molar-refractivity contribution in [2.45, 2.75) is 18.8 Å². The smallest absolute Gasteiger partial charge is 0.338 e. The Morgan fingerprint density at radius 3 is 2.64 bits per heavy atom. The SMILES string of the molecule is Cn1nccc1C1CCN(C(=O)c2cc(C(=O)O)co2)CC1.